The highest BCUT2D eigenvalue weighted by Gasteiger charge is 2.27. The summed E-state index contributed by atoms with van der Waals surface area (Å²) in [6.45, 7) is 1.41. The molecule has 27 heavy (non-hydrogen) atoms. The summed E-state index contributed by atoms with van der Waals surface area (Å²) in [6, 6.07) is 19.2. The molecule has 0 unspecified atom stereocenters. The third-order valence-corrected chi connectivity index (χ3v) is 4.78. The molecule has 4 rings (SSSR count). The van der Waals surface area contributed by atoms with Crippen LogP contribution in [-0.2, 0) is 4.79 Å². The number of likely N-dealkylation sites (tertiary alicyclic amines) is 1. The van der Waals surface area contributed by atoms with Gasteiger partial charge in [-0.15, -0.1) is 0 Å². The smallest absolute Gasteiger partial charge is 0.260 e. The minimum Gasteiger partial charge on any atom is -0.484 e. The molecule has 0 atom stereocenters. The maximum absolute atomic E-state index is 12.4. The molecule has 1 aromatic heterocycles. The van der Waals surface area contributed by atoms with Crippen LogP contribution < -0.4 is 4.74 Å². The Morgan fingerprint density at radius 1 is 1.04 bits per heavy atom. The molecule has 6 nitrogen and oxygen atoms in total. The van der Waals surface area contributed by atoms with E-state index in [2.05, 4.69) is 10.1 Å². The molecule has 2 aromatic carbocycles. The van der Waals surface area contributed by atoms with Gasteiger partial charge in [-0.05, 0) is 25.0 Å². The van der Waals surface area contributed by atoms with Crippen molar-refractivity contribution in [2.45, 2.75) is 18.8 Å². The van der Waals surface area contributed by atoms with Crippen LogP contribution >= 0.6 is 0 Å². The van der Waals surface area contributed by atoms with Gasteiger partial charge in [-0.3, -0.25) is 4.79 Å². The van der Waals surface area contributed by atoms with Gasteiger partial charge in [0, 0.05) is 24.6 Å². The first-order chi connectivity index (χ1) is 13.3. The lowest BCUT2D eigenvalue weighted by molar-refractivity contribution is -0.134. The fourth-order valence-electron chi connectivity index (χ4n) is 3.23. The van der Waals surface area contributed by atoms with Gasteiger partial charge in [0.25, 0.3) is 5.91 Å². The number of carbonyl (C=O) groups excluding carboxylic acids is 1. The predicted octanol–water partition coefficient (Wildman–Crippen LogP) is 3.52. The normalized spacial score (nSPS) is 14.9. The predicted molar refractivity (Wildman–Crippen MR) is 100 cm³/mol. The van der Waals surface area contributed by atoms with E-state index >= 15 is 0 Å². The van der Waals surface area contributed by atoms with Crippen LogP contribution in [0.2, 0.25) is 0 Å². The number of hydrogen-bond acceptors (Lipinski definition) is 5. The number of para-hydroxylation sites is 1. The van der Waals surface area contributed by atoms with Crippen molar-refractivity contribution in [1.29, 1.82) is 0 Å². The molecule has 0 saturated carbocycles. The van der Waals surface area contributed by atoms with E-state index in [1.54, 1.807) is 0 Å². The van der Waals surface area contributed by atoms with Crippen LogP contribution in [0, 0.1) is 0 Å². The molecule has 1 aliphatic heterocycles. The number of carbonyl (C=O) groups is 1. The number of amides is 1. The number of benzene rings is 2. The van der Waals surface area contributed by atoms with Gasteiger partial charge in [-0.2, -0.15) is 4.98 Å². The first kappa shape index (κ1) is 17.3. The standard InChI is InChI=1S/C21H21N3O3/c25-19(15-26-18-9-5-2-6-10-18)24-13-11-17(12-14-24)21-22-20(23-27-21)16-7-3-1-4-8-16/h1-10,17H,11-15H2. The maximum Gasteiger partial charge on any atom is 0.260 e. The molecule has 138 valence electrons. The third kappa shape index (κ3) is 4.16. The molecule has 0 N–H and O–H groups in total. The Bertz CT molecular complexity index is 872. The van der Waals surface area contributed by atoms with Crippen LogP contribution in [0.15, 0.2) is 65.2 Å². The molecular formula is C21H21N3O3. The van der Waals surface area contributed by atoms with Gasteiger partial charge in [0.2, 0.25) is 11.7 Å². The summed E-state index contributed by atoms with van der Waals surface area (Å²) < 4.78 is 11.0. The first-order valence-electron chi connectivity index (χ1n) is 9.14. The summed E-state index contributed by atoms with van der Waals surface area (Å²) in [6.07, 6.45) is 1.63. The van der Waals surface area contributed by atoms with E-state index in [1.165, 1.54) is 0 Å². The molecule has 6 heteroatoms. The van der Waals surface area contributed by atoms with E-state index in [0.717, 1.165) is 18.4 Å². The van der Waals surface area contributed by atoms with Gasteiger partial charge in [0.05, 0.1) is 0 Å². The van der Waals surface area contributed by atoms with Crippen LogP contribution in [0.5, 0.6) is 5.75 Å². The Hall–Kier alpha value is -3.15. The molecule has 0 spiro atoms. The molecule has 0 aliphatic carbocycles. The SMILES string of the molecule is O=C(COc1ccccc1)N1CCC(c2nc(-c3ccccc3)no2)CC1. The molecule has 2 heterocycles. The summed E-state index contributed by atoms with van der Waals surface area (Å²) in [5, 5.41) is 4.09. The average molecular weight is 363 g/mol. The van der Waals surface area contributed by atoms with Crippen molar-refractivity contribution in [3.63, 3.8) is 0 Å². The number of piperidine rings is 1. The molecule has 1 fully saturated rings. The van der Waals surface area contributed by atoms with E-state index < -0.39 is 0 Å². The lowest BCUT2D eigenvalue weighted by atomic mass is 9.97. The van der Waals surface area contributed by atoms with Crippen molar-refractivity contribution in [2.75, 3.05) is 19.7 Å². The van der Waals surface area contributed by atoms with Gasteiger partial charge in [-0.1, -0.05) is 53.7 Å². The van der Waals surface area contributed by atoms with Gasteiger partial charge in [-0.25, -0.2) is 0 Å². The van der Waals surface area contributed by atoms with Crippen molar-refractivity contribution in [2.24, 2.45) is 0 Å². The quantitative estimate of drug-likeness (QED) is 0.694. The largest absolute Gasteiger partial charge is 0.484 e. The molecule has 1 aliphatic rings. The molecule has 1 saturated heterocycles. The van der Waals surface area contributed by atoms with Crippen LogP contribution in [0.1, 0.15) is 24.7 Å². The summed E-state index contributed by atoms with van der Waals surface area (Å²) in [7, 11) is 0. The first-order valence-corrected chi connectivity index (χ1v) is 9.14. The second-order valence-corrected chi connectivity index (χ2v) is 6.58. The zero-order chi connectivity index (χ0) is 18.5. The van der Waals surface area contributed by atoms with Crippen molar-refractivity contribution in [3.05, 3.63) is 66.6 Å². The second kappa shape index (κ2) is 8.03. The summed E-state index contributed by atoms with van der Waals surface area (Å²) in [5.41, 5.74) is 0.943. The Morgan fingerprint density at radius 3 is 2.41 bits per heavy atom. The number of nitrogens with zero attached hydrogens (tertiary/aromatic N) is 3. The van der Waals surface area contributed by atoms with E-state index in [1.807, 2.05) is 65.6 Å². The monoisotopic (exact) mass is 363 g/mol. The maximum atomic E-state index is 12.4. The molecule has 3 aromatic rings. The van der Waals surface area contributed by atoms with Crippen molar-refractivity contribution in [3.8, 4) is 17.1 Å². The van der Waals surface area contributed by atoms with E-state index in [-0.39, 0.29) is 18.4 Å². The second-order valence-electron chi connectivity index (χ2n) is 6.58. The number of aromatic nitrogens is 2. The Morgan fingerprint density at radius 2 is 1.70 bits per heavy atom. The van der Waals surface area contributed by atoms with Gasteiger partial charge < -0.3 is 14.2 Å². The lowest BCUT2D eigenvalue weighted by Gasteiger charge is -2.30. The molecule has 1 amide bonds. The fourth-order valence-corrected chi connectivity index (χ4v) is 3.23. The van der Waals surface area contributed by atoms with E-state index in [4.69, 9.17) is 9.26 Å². The van der Waals surface area contributed by atoms with Crippen LogP contribution in [0.4, 0.5) is 0 Å². The minimum absolute atomic E-state index is 0.00723. The van der Waals surface area contributed by atoms with Crippen molar-refractivity contribution >= 4 is 5.91 Å². The number of hydrogen-bond donors (Lipinski definition) is 0. The third-order valence-electron chi connectivity index (χ3n) is 4.78. The van der Waals surface area contributed by atoms with Crippen LogP contribution in [-0.4, -0.2) is 40.6 Å². The highest BCUT2D eigenvalue weighted by molar-refractivity contribution is 5.77. The minimum atomic E-state index is 0.00723. The Balaban J connectivity index is 1.30. The van der Waals surface area contributed by atoms with Gasteiger partial charge >= 0.3 is 0 Å². The van der Waals surface area contributed by atoms with E-state index in [0.29, 0.717) is 30.6 Å². The van der Waals surface area contributed by atoms with Gasteiger partial charge in [0.1, 0.15) is 5.75 Å². The lowest BCUT2D eigenvalue weighted by Crippen LogP contribution is -2.40. The molecular weight excluding hydrogens is 342 g/mol. The molecule has 0 radical (unpaired) electrons. The zero-order valence-electron chi connectivity index (χ0n) is 15.0. The Kier molecular flexibility index (Phi) is 5.14. The van der Waals surface area contributed by atoms with Crippen molar-refractivity contribution in [1.82, 2.24) is 15.0 Å². The summed E-state index contributed by atoms with van der Waals surface area (Å²) in [4.78, 5) is 18.7. The van der Waals surface area contributed by atoms with Crippen LogP contribution in [0.3, 0.4) is 0 Å². The number of ether oxygens (including phenoxy) is 1. The zero-order valence-corrected chi connectivity index (χ0v) is 15.0. The van der Waals surface area contributed by atoms with Crippen molar-refractivity contribution < 1.29 is 14.1 Å². The van der Waals surface area contributed by atoms with Gasteiger partial charge in [0.15, 0.2) is 6.61 Å². The average Bonchev–Trinajstić information content (AvgIpc) is 3.24. The van der Waals surface area contributed by atoms with E-state index in [9.17, 15) is 4.79 Å². The number of rotatable bonds is 5. The highest BCUT2D eigenvalue weighted by Crippen LogP contribution is 2.28. The fraction of sp³-hybridized carbons (Fsp3) is 0.286. The Labute approximate surface area is 157 Å². The van der Waals surface area contributed by atoms with Crippen LogP contribution in [0.25, 0.3) is 11.4 Å². The topological polar surface area (TPSA) is 68.5 Å². The summed E-state index contributed by atoms with van der Waals surface area (Å²) in [5.74, 6) is 2.17. The highest BCUT2D eigenvalue weighted by atomic mass is 16.5. The summed E-state index contributed by atoms with van der Waals surface area (Å²) >= 11 is 0. The molecule has 0 bridgehead atoms.